The molecule has 0 spiro atoms. The quantitative estimate of drug-likeness (QED) is 0.680. The van der Waals surface area contributed by atoms with Gasteiger partial charge < -0.3 is 0 Å². The fourth-order valence-corrected chi connectivity index (χ4v) is 1.50. The van der Waals surface area contributed by atoms with Crippen LogP contribution in [0.3, 0.4) is 0 Å². The maximum atomic E-state index is 11.7. The third-order valence-corrected chi connectivity index (χ3v) is 2.41. The number of amides is 1. The van der Waals surface area contributed by atoms with Crippen LogP contribution in [0.2, 0.25) is 5.02 Å². The third kappa shape index (κ3) is 3.40. The highest BCUT2D eigenvalue weighted by Crippen LogP contribution is 2.10. The number of rotatable bonds is 3. The molecule has 0 atom stereocenters. The van der Waals surface area contributed by atoms with Crippen molar-refractivity contribution in [2.45, 2.75) is 0 Å². The number of nitrogens with one attached hydrogen (secondary N) is 1. The highest BCUT2D eigenvalue weighted by molar-refractivity contribution is 6.30. The maximum Gasteiger partial charge on any atom is 0.271 e. The van der Waals surface area contributed by atoms with Crippen LogP contribution in [-0.4, -0.2) is 17.1 Å². The molecule has 0 saturated carbocycles. The average Bonchev–Trinajstić information content (AvgIpc) is 2.40. The monoisotopic (exact) mass is 259 g/mol. The maximum absolute atomic E-state index is 11.7. The molecule has 1 N–H and O–H groups in total. The second kappa shape index (κ2) is 5.93. The summed E-state index contributed by atoms with van der Waals surface area (Å²) >= 11 is 5.79. The molecule has 0 aliphatic heterocycles. The summed E-state index contributed by atoms with van der Waals surface area (Å²) in [5.74, 6) is -0.303. The average molecular weight is 260 g/mol. The van der Waals surface area contributed by atoms with Crippen LogP contribution in [0.5, 0.6) is 0 Å². The number of pyridine rings is 1. The largest absolute Gasteiger partial charge is 0.271 e. The van der Waals surface area contributed by atoms with Crippen LogP contribution in [0.25, 0.3) is 0 Å². The van der Waals surface area contributed by atoms with E-state index in [0.29, 0.717) is 10.6 Å². The summed E-state index contributed by atoms with van der Waals surface area (Å²) in [4.78, 5) is 15.6. The van der Waals surface area contributed by atoms with E-state index in [-0.39, 0.29) is 5.91 Å². The number of benzene rings is 1. The second-order valence-corrected chi connectivity index (χ2v) is 3.93. The molecule has 5 heteroatoms. The number of carbonyl (C=O) groups excluding carboxylic acids is 1. The van der Waals surface area contributed by atoms with E-state index in [9.17, 15) is 4.79 Å². The van der Waals surface area contributed by atoms with Crippen LogP contribution >= 0.6 is 11.6 Å². The molecule has 0 radical (unpaired) electrons. The topological polar surface area (TPSA) is 54.4 Å². The summed E-state index contributed by atoms with van der Waals surface area (Å²) in [6.45, 7) is 0. The van der Waals surface area contributed by atoms with E-state index in [1.54, 1.807) is 55.0 Å². The molecule has 1 heterocycles. The van der Waals surface area contributed by atoms with Crippen molar-refractivity contribution in [3.05, 3.63) is 64.9 Å². The Morgan fingerprint density at radius 3 is 2.78 bits per heavy atom. The van der Waals surface area contributed by atoms with Gasteiger partial charge in [-0.1, -0.05) is 17.7 Å². The predicted octanol–water partition coefficient (Wildman–Crippen LogP) is 2.50. The lowest BCUT2D eigenvalue weighted by atomic mass is 10.2. The predicted molar refractivity (Wildman–Crippen MR) is 70.7 cm³/mol. The van der Waals surface area contributed by atoms with Gasteiger partial charge in [0.1, 0.15) is 0 Å². The molecule has 0 fully saturated rings. The van der Waals surface area contributed by atoms with E-state index in [1.165, 1.54) is 0 Å². The van der Waals surface area contributed by atoms with Crippen LogP contribution in [0.1, 0.15) is 15.9 Å². The van der Waals surface area contributed by atoms with E-state index < -0.39 is 0 Å². The van der Waals surface area contributed by atoms with Crippen molar-refractivity contribution >= 4 is 23.7 Å². The molecule has 2 aromatic rings. The number of carbonyl (C=O) groups is 1. The SMILES string of the molecule is O=C(NN=Cc1ccncc1)c1cccc(Cl)c1. The van der Waals surface area contributed by atoms with Crippen LogP contribution in [0.4, 0.5) is 0 Å². The Balaban J connectivity index is 1.99. The molecule has 0 saturated heterocycles. The summed E-state index contributed by atoms with van der Waals surface area (Å²) < 4.78 is 0. The minimum absolute atomic E-state index is 0.303. The molecule has 0 bridgehead atoms. The van der Waals surface area contributed by atoms with Gasteiger partial charge in [-0.15, -0.1) is 0 Å². The lowest BCUT2D eigenvalue weighted by molar-refractivity contribution is 0.0955. The number of aromatic nitrogens is 1. The zero-order chi connectivity index (χ0) is 12.8. The Morgan fingerprint density at radius 1 is 1.28 bits per heavy atom. The van der Waals surface area contributed by atoms with Gasteiger partial charge in [-0.05, 0) is 35.9 Å². The summed E-state index contributed by atoms with van der Waals surface area (Å²) in [5.41, 5.74) is 3.75. The van der Waals surface area contributed by atoms with Gasteiger partial charge in [-0.3, -0.25) is 9.78 Å². The lowest BCUT2D eigenvalue weighted by Gasteiger charge is -1.99. The standard InChI is InChI=1S/C13H10ClN3O/c14-12-3-1-2-11(8-12)13(18)17-16-9-10-4-6-15-7-5-10/h1-9H,(H,17,18). The minimum atomic E-state index is -0.303. The Bertz CT molecular complexity index is 569. The Kier molecular flexibility index (Phi) is 4.04. The van der Waals surface area contributed by atoms with Gasteiger partial charge in [0.05, 0.1) is 6.21 Å². The van der Waals surface area contributed by atoms with Crippen LogP contribution in [0.15, 0.2) is 53.9 Å². The Morgan fingerprint density at radius 2 is 2.06 bits per heavy atom. The first-order valence-corrected chi connectivity index (χ1v) is 5.62. The Hall–Kier alpha value is -2.20. The van der Waals surface area contributed by atoms with Crippen molar-refractivity contribution in [3.63, 3.8) is 0 Å². The molecular formula is C13H10ClN3O. The van der Waals surface area contributed by atoms with Crippen molar-refractivity contribution in [1.82, 2.24) is 10.4 Å². The van der Waals surface area contributed by atoms with Crippen molar-refractivity contribution in [2.75, 3.05) is 0 Å². The van der Waals surface area contributed by atoms with E-state index in [2.05, 4.69) is 15.5 Å². The van der Waals surface area contributed by atoms with Crippen molar-refractivity contribution < 1.29 is 4.79 Å². The normalized spacial score (nSPS) is 10.5. The smallest absolute Gasteiger partial charge is 0.267 e. The summed E-state index contributed by atoms with van der Waals surface area (Å²) in [6.07, 6.45) is 4.85. The van der Waals surface area contributed by atoms with Crippen LogP contribution in [0, 0.1) is 0 Å². The highest BCUT2D eigenvalue weighted by Gasteiger charge is 2.03. The number of halogens is 1. The number of nitrogens with zero attached hydrogens (tertiary/aromatic N) is 2. The van der Waals surface area contributed by atoms with E-state index in [1.807, 2.05) is 0 Å². The van der Waals surface area contributed by atoms with E-state index in [0.717, 1.165) is 5.56 Å². The van der Waals surface area contributed by atoms with Crippen molar-refractivity contribution in [1.29, 1.82) is 0 Å². The summed E-state index contributed by atoms with van der Waals surface area (Å²) in [5, 5.41) is 4.37. The fourth-order valence-electron chi connectivity index (χ4n) is 1.31. The van der Waals surface area contributed by atoms with Gasteiger partial charge in [0, 0.05) is 23.0 Å². The molecular weight excluding hydrogens is 250 g/mol. The minimum Gasteiger partial charge on any atom is -0.267 e. The molecule has 0 aliphatic carbocycles. The third-order valence-electron chi connectivity index (χ3n) is 2.17. The molecule has 0 unspecified atom stereocenters. The lowest BCUT2D eigenvalue weighted by Crippen LogP contribution is -2.17. The van der Waals surface area contributed by atoms with Gasteiger partial charge in [-0.2, -0.15) is 5.10 Å². The molecule has 1 aromatic carbocycles. The molecule has 2 rings (SSSR count). The number of hydrogen-bond acceptors (Lipinski definition) is 3. The zero-order valence-electron chi connectivity index (χ0n) is 9.38. The summed E-state index contributed by atoms with van der Waals surface area (Å²) in [7, 11) is 0. The molecule has 4 nitrogen and oxygen atoms in total. The van der Waals surface area contributed by atoms with Crippen LogP contribution < -0.4 is 5.43 Å². The Labute approximate surface area is 109 Å². The summed E-state index contributed by atoms with van der Waals surface area (Å²) in [6, 6.07) is 10.2. The molecule has 1 aromatic heterocycles. The first kappa shape index (κ1) is 12.3. The van der Waals surface area contributed by atoms with Gasteiger partial charge in [-0.25, -0.2) is 5.43 Å². The van der Waals surface area contributed by atoms with Gasteiger partial charge in [0.2, 0.25) is 0 Å². The molecule has 0 aliphatic rings. The van der Waals surface area contributed by atoms with Crippen molar-refractivity contribution in [2.24, 2.45) is 5.10 Å². The number of hydrazone groups is 1. The van der Waals surface area contributed by atoms with Gasteiger partial charge >= 0.3 is 0 Å². The van der Waals surface area contributed by atoms with Gasteiger partial charge in [0.15, 0.2) is 0 Å². The highest BCUT2D eigenvalue weighted by atomic mass is 35.5. The molecule has 18 heavy (non-hydrogen) atoms. The first-order valence-electron chi connectivity index (χ1n) is 5.25. The second-order valence-electron chi connectivity index (χ2n) is 3.49. The number of hydrogen-bond donors (Lipinski definition) is 1. The molecule has 1 amide bonds. The zero-order valence-corrected chi connectivity index (χ0v) is 10.1. The van der Waals surface area contributed by atoms with Gasteiger partial charge in [0.25, 0.3) is 5.91 Å². The van der Waals surface area contributed by atoms with E-state index in [4.69, 9.17) is 11.6 Å². The van der Waals surface area contributed by atoms with Crippen molar-refractivity contribution in [3.8, 4) is 0 Å². The first-order chi connectivity index (χ1) is 8.75. The fraction of sp³-hybridized carbons (Fsp3) is 0. The van der Waals surface area contributed by atoms with Crippen LogP contribution in [-0.2, 0) is 0 Å². The molecule has 90 valence electrons. The van der Waals surface area contributed by atoms with E-state index >= 15 is 0 Å².